The first-order chi connectivity index (χ1) is 4.75. The molecule has 0 bridgehead atoms. The van der Waals surface area contributed by atoms with Crippen molar-refractivity contribution in [3.63, 3.8) is 0 Å². The normalized spacial score (nSPS) is 35.7. The number of cyclic esters (lactones) is 1. The number of carbonyl (C=O) groups excluding carboxylic acids is 1. The van der Waals surface area contributed by atoms with Crippen molar-refractivity contribution < 1.29 is 14.6 Å². The Morgan fingerprint density at radius 3 is 2.50 bits per heavy atom. The molecule has 1 N–H and O–H groups in total. The van der Waals surface area contributed by atoms with Crippen molar-refractivity contribution in [3.05, 3.63) is 0 Å². The molecule has 2 rings (SSSR count). The largest absolute Gasteiger partial charge is 0.463 e. The fourth-order valence-electron chi connectivity index (χ4n) is 1.67. The molecule has 1 saturated heterocycles. The fraction of sp³-hybridized carbons (Fsp3) is 0.857. The van der Waals surface area contributed by atoms with E-state index in [9.17, 15) is 9.90 Å². The van der Waals surface area contributed by atoms with Gasteiger partial charge in [-0.2, -0.15) is 0 Å². The molecule has 1 aliphatic heterocycles. The summed E-state index contributed by atoms with van der Waals surface area (Å²) in [5, 5.41) is 9.29. The molecule has 0 aromatic rings. The lowest BCUT2D eigenvalue weighted by molar-refractivity contribution is -0.145. The van der Waals surface area contributed by atoms with Gasteiger partial charge in [-0.15, -0.1) is 0 Å². The Kier molecular flexibility index (Phi) is 1.06. The first kappa shape index (κ1) is 6.16. The van der Waals surface area contributed by atoms with Gasteiger partial charge < -0.3 is 9.84 Å². The standard InChI is InChI=1S/C7H10O3/c8-5-6(9)10-4-7(5)2-1-3-7/h5,8H,1-4H2. The lowest BCUT2D eigenvalue weighted by atomic mass is 9.67. The van der Waals surface area contributed by atoms with E-state index in [4.69, 9.17) is 4.74 Å². The molecule has 1 saturated carbocycles. The molecule has 2 aliphatic rings. The minimum Gasteiger partial charge on any atom is -0.463 e. The average Bonchev–Trinajstić information content (AvgIpc) is 2.10. The van der Waals surface area contributed by atoms with Crippen LogP contribution in [0.4, 0.5) is 0 Å². The number of rotatable bonds is 0. The van der Waals surface area contributed by atoms with Gasteiger partial charge in [0.2, 0.25) is 0 Å². The highest BCUT2D eigenvalue weighted by atomic mass is 16.6. The molecular formula is C7H10O3. The Balaban J connectivity index is 2.17. The second-order valence-electron chi connectivity index (χ2n) is 3.23. The van der Waals surface area contributed by atoms with Crippen molar-refractivity contribution in [2.24, 2.45) is 5.41 Å². The van der Waals surface area contributed by atoms with Gasteiger partial charge in [0, 0.05) is 5.41 Å². The van der Waals surface area contributed by atoms with Crippen LogP contribution in [0.5, 0.6) is 0 Å². The maximum Gasteiger partial charge on any atom is 0.335 e. The lowest BCUT2D eigenvalue weighted by Crippen LogP contribution is -2.41. The van der Waals surface area contributed by atoms with E-state index in [1.165, 1.54) is 0 Å². The predicted octanol–water partition coefficient (Wildman–Crippen LogP) is 0.0744. The zero-order chi connectivity index (χ0) is 7.19. The van der Waals surface area contributed by atoms with Crippen LogP contribution < -0.4 is 0 Å². The van der Waals surface area contributed by atoms with Gasteiger partial charge in [-0.25, -0.2) is 4.79 Å². The Hall–Kier alpha value is -0.570. The van der Waals surface area contributed by atoms with Crippen LogP contribution in [0, 0.1) is 5.41 Å². The molecule has 1 spiro atoms. The smallest absolute Gasteiger partial charge is 0.335 e. The number of carbonyl (C=O) groups is 1. The first-order valence-corrected chi connectivity index (χ1v) is 3.59. The van der Waals surface area contributed by atoms with Crippen LogP contribution in [0.2, 0.25) is 0 Å². The zero-order valence-corrected chi connectivity index (χ0v) is 5.67. The molecule has 0 aromatic carbocycles. The van der Waals surface area contributed by atoms with Gasteiger partial charge in [-0.05, 0) is 12.8 Å². The Labute approximate surface area is 59.0 Å². The van der Waals surface area contributed by atoms with Gasteiger partial charge in [0.1, 0.15) is 6.61 Å². The summed E-state index contributed by atoms with van der Waals surface area (Å²) in [6.07, 6.45) is 2.18. The number of aliphatic hydroxyl groups excluding tert-OH is 1. The maximum absolute atomic E-state index is 10.7. The van der Waals surface area contributed by atoms with Gasteiger partial charge in [-0.3, -0.25) is 0 Å². The zero-order valence-electron chi connectivity index (χ0n) is 5.67. The summed E-state index contributed by atoms with van der Waals surface area (Å²) in [6.45, 7) is 0.438. The average molecular weight is 142 g/mol. The van der Waals surface area contributed by atoms with Crippen LogP contribution in [0.15, 0.2) is 0 Å². The molecule has 0 amide bonds. The Morgan fingerprint density at radius 1 is 1.60 bits per heavy atom. The van der Waals surface area contributed by atoms with E-state index >= 15 is 0 Å². The number of hydrogen-bond acceptors (Lipinski definition) is 3. The topological polar surface area (TPSA) is 46.5 Å². The van der Waals surface area contributed by atoms with Crippen molar-refractivity contribution in [1.82, 2.24) is 0 Å². The highest BCUT2D eigenvalue weighted by Gasteiger charge is 2.53. The minimum atomic E-state index is -0.832. The number of esters is 1. The fourth-order valence-corrected chi connectivity index (χ4v) is 1.67. The molecule has 0 radical (unpaired) electrons. The van der Waals surface area contributed by atoms with Crippen LogP contribution in [0.25, 0.3) is 0 Å². The highest BCUT2D eigenvalue weighted by Crippen LogP contribution is 2.47. The monoisotopic (exact) mass is 142 g/mol. The maximum atomic E-state index is 10.7. The number of hydrogen-bond donors (Lipinski definition) is 1. The van der Waals surface area contributed by atoms with Gasteiger partial charge in [-0.1, -0.05) is 6.42 Å². The quantitative estimate of drug-likeness (QED) is 0.487. The molecule has 1 atom stereocenters. The third-order valence-electron chi connectivity index (χ3n) is 2.65. The lowest BCUT2D eigenvalue weighted by Gasteiger charge is -2.37. The van der Waals surface area contributed by atoms with Gasteiger partial charge >= 0.3 is 5.97 Å². The van der Waals surface area contributed by atoms with Crippen molar-refractivity contribution in [2.45, 2.75) is 25.4 Å². The van der Waals surface area contributed by atoms with Crippen LogP contribution in [0.3, 0.4) is 0 Å². The summed E-state index contributed by atoms with van der Waals surface area (Å²) in [4.78, 5) is 10.7. The van der Waals surface area contributed by atoms with E-state index in [-0.39, 0.29) is 5.41 Å². The minimum absolute atomic E-state index is 0.170. The molecular weight excluding hydrogens is 132 g/mol. The summed E-state index contributed by atoms with van der Waals surface area (Å²) >= 11 is 0. The van der Waals surface area contributed by atoms with Crippen LogP contribution in [0.1, 0.15) is 19.3 Å². The van der Waals surface area contributed by atoms with Gasteiger partial charge in [0.25, 0.3) is 0 Å². The van der Waals surface area contributed by atoms with Crippen molar-refractivity contribution in [2.75, 3.05) is 6.61 Å². The second-order valence-corrected chi connectivity index (χ2v) is 3.23. The molecule has 3 heteroatoms. The second kappa shape index (κ2) is 1.72. The molecule has 3 nitrogen and oxygen atoms in total. The van der Waals surface area contributed by atoms with Crippen LogP contribution >= 0.6 is 0 Å². The van der Waals surface area contributed by atoms with Crippen molar-refractivity contribution in [3.8, 4) is 0 Å². The number of ether oxygens (including phenoxy) is 1. The third-order valence-corrected chi connectivity index (χ3v) is 2.65. The first-order valence-electron chi connectivity index (χ1n) is 3.59. The molecule has 56 valence electrons. The van der Waals surface area contributed by atoms with E-state index in [1.54, 1.807) is 0 Å². The third kappa shape index (κ3) is 0.560. The molecule has 0 aromatic heterocycles. The van der Waals surface area contributed by atoms with Gasteiger partial charge in [0.05, 0.1) is 0 Å². The van der Waals surface area contributed by atoms with E-state index in [1.807, 2.05) is 0 Å². The predicted molar refractivity (Wildman–Crippen MR) is 33.2 cm³/mol. The molecule has 10 heavy (non-hydrogen) atoms. The number of aliphatic hydroxyl groups is 1. The summed E-state index contributed by atoms with van der Waals surface area (Å²) in [6, 6.07) is 0. The molecule has 1 aliphatic carbocycles. The van der Waals surface area contributed by atoms with Gasteiger partial charge in [0.15, 0.2) is 6.10 Å². The van der Waals surface area contributed by atoms with Crippen molar-refractivity contribution >= 4 is 5.97 Å². The van der Waals surface area contributed by atoms with E-state index in [2.05, 4.69) is 0 Å². The molecule has 1 unspecified atom stereocenters. The molecule has 1 heterocycles. The van der Waals surface area contributed by atoms with Crippen LogP contribution in [-0.4, -0.2) is 23.8 Å². The van der Waals surface area contributed by atoms with E-state index < -0.39 is 12.1 Å². The van der Waals surface area contributed by atoms with E-state index in [0.717, 1.165) is 19.3 Å². The van der Waals surface area contributed by atoms with Crippen LogP contribution in [-0.2, 0) is 9.53 Å². The van der Waals surface area contributed by atoms with E-state index in [0.29, 0.717) is 6.61 Å². The summed E-state index contributed by atoms with van der Waals surface area (Å²) in [7, 11) is 0. The highest BCUT2D eigenvalue weighted by molar-refractivity contribution is 5.77. The molecule has 2 fully saturated rings. The summed E-state index contributed by atoms with van der Waals surface area (Å²) in [5.41, 5.74) is -0.170. The summed E-state index contributed by atoms with van der Waals surface area (Å²) in [5.74, 6) is -0.431. The Morgan fingerprint density at radius 2 is 2.30 bits per heavy atom. The SMILES string of the molecule is O=C1OCC2(CCC2)C1O. The van der Waals surface area contributed by atoms with Crippen molar-refractivity contribution in [1.29, 1.82) is 0 Å². The Bertz CT molecular complexity index is 172. The summed E-state index contributed by atoms with van der Waals surface area (Å²) < 4.78 is 4.73.